The molecule has 6 heteroatoms. The highest BCUT2D eigenvalue weighted by atomic mass is 32.2. The van der Waals surface area contributed by atoms with Crippen molar-refractivity contribution < 1.29 is 13.5 Å². The van der Waals surface area contributed by atoms with Crippen molar-refractivity contribution >= 4 is 10.0 Å². The first-order chi connectivity index (χ1) is 9.72. The van der Waals surface area contributed by atoms with Crippen molar-refractivity contribution in [2.24, 2.45) is 5.41 Å². The first kappa shape index (κ1) is 17.6. The molecule has 0 saturated carbocycles. The van der Waals surface area contributed by atoms with Crippen molar-refractivity contribution in [2.75, 3.05) is 13.2 Å². The molecule has 1 aromatic carbocycles. The zero-order valence-corrected chi connectivity index (χ0v) is 13.5. The van der Waals surface area contributed by atoms with Gasteiger partial charge in [-0.1, -0.05) is 19.9 Å². The Bertz CT molecular complexity index is 631. The second kappa shape index (κ2) is 7.03. The minimum absolute atomic E-state index is 0.0967. The average molecular weight is 310 g/mol. The third-order valence-corrected chi connectivity index (χ3v) is 4.90. The Labute approximate surface area is 126 Å². The molecule has 116 valence electrons. The van der Waals surface area contributed by atoms with Gasteiger partial charge in [0.15, 0.2) is 0 Å². The van der Waals surface area contributed by atoms with Gasteiger partial charge in [0.05, 0.1) is 16.5 Å². The van der Waals surface area contributed by atoms with Crippen LogP contribution < -0.4 is 4.72 Å². The molecule has 0 aliphatic carbocycles. The second-order valence-corrected chi connectivity index (χ2v) is 7.64. The first-order valence-electron chi connectivity index (χ1n) is 6.83. The number of sulfonamides is 1. The number of aryl methyl sites for hydroxylation is 1. The van der Waals surface area contributed by atoms with Gasteiger partial charge in [-0.2, -0.15) is 5.26 Å². The lowest BCUT2D eigenvalue weighted by Crippen LogP contribution is -2.34. The van der Waals surface area contributed by atoms with E-state index in [4.69, 9.17) is 10.4 Å². The Morgan fingerprint density at radius 3 is 2.62 bits per heavy atom. The van der Waals surface area contributed by atoms with Crippen molar-refractivity contribution in [3.8, 4) is 6.07 Å². The highest BCUT2D eigenvalue weighted by Gasteiger charge is 2.23. The van der Waals surface area contributed by atoms with Crippen LogP contribution in [0.5, 0.6) is 0 Å². The maximum absolute atomic E-state index is 12.4. The first-order valence-corrected chi connectivity index (χ1v) is 8.31. The lowest BCUT2D eigenvalue weighted by atomic mass is 9.88. The van der Waals surface area contributed by atoms with E-state index in [1.165, 1.54) is 6.07 Å². The van der Waals surface area contributed by atoms with E-state index in [2.05, 4.69) is 4.72 Å². The molecule has 0 bridgehead atoms. The van der Waals surface area contributed by atoms with Crippen LogP contribution in [0.25, 0.3) is 0 Å². The SMILES string of the molecule is Cc1ccc(C#N)cc1S(=O)(=O)NCC(C)(C)CCCO. The fourth-order valence-corrected chi connectivity index (χ4v) is 3.48. The van der Waals surface area contributed by atoms with E-state index >= 15 is 0 Å². The van der Waals surface area contributed by atoms with Gasteiger partial charge in [0.2, 0.25) is 10.0 Å². The maximum atomic E-state index is 12.4. The molecule has 0 radical (unpaired) electrons. The monoisotopic (exact) mass is 310 g/mol. The Balaban J connectivity index is 2.90. The number of aliphatic hydroxyl groups is 1. The van der Waals surface area contributed by atoms with Gasteiger partial charge in [-0.3, -0.25) is 0 Å². The summed E-state index contributed by atoms with van der Waals surface area (Å²) in [4.78, 5) is 0.138. The van der Waals surface area contributed by atoms with Crippen LogP contribution in [0, 0.1) is 23.7 Å². The molecular formula is C15H22N2O3S. The summed E-state index contributed by atoms with van der Waals surface area (Å²) in [6, 6.07) is 6.56. The molecule has 0 spiro atoms. The third kappa shape index (κ3) is 5.12. The number of nitrogens with zero attached hydrogens (tertiary/aromatic N) is 1. The van der Waals surface area contributed by atoms with Crippen molar-refractivity contribution in [1.82, 2.24) is 4.72 Å². The normalized spacial score (nSPS) is 12.1. The van der Waals surface area contributed by atoms with Gasteiger partial charge >= 0.3 is 0 Å². The van der Waals surface area contributed by atoms with Crippen LogP contribution in [0.4, 0.5) is 0 Å². The summed E-state index contributed by atoms with van der Waals surface area (Å²) >= 11 is 0. The molecule has 21 heavy (non-hydrogen) atoms. The number of hydrogen-bond donors (Lipinski definition) is 2. The van der Waals surface area contributed by atoms with Crippen LogP contribution in [0.3, 0.4) is 0 Å². The van der Waals surface area contributed by atoms with Gasteiger partial charge in [-0.15, -0.1) is 0 Å². The number of benzene rings is 1. The van der Waals surface area contributed by atoms with Crippen molar-refractivity contribution in [1.29, 1.82) is 5.26 Å². The zero-order valence-electron chi connectivity index (χ0n) is 12.7. The number of nitriles is 1. The quantitative estimate of drug-likeness (QED) is 0.805. The Morgan fingerprint density at radius 1 is 1.38 bits per heavy atom. The summed E-state index contributed by atoms with van der Waals surface area (Å²) in [6.07, 6.45) is 1.36. The molecule has 0 saturated heterocycles. The van der Waals surface area contributed by atoms with Gasteiger partial charge in [-0.05, 0) is 42.9 Å². The molecule has 0 aliphatic heterocycles. The molecule has 5 nitrogen and oxygen atoms in total. The molecule has 1 rings (SSSR count). The number of hydrogen-bond acceptors (Lipinski definition) is 4. The topological polar surface area (TPSA) is 90.2 Å². The Kier molecular flexibility index (Phi) is 5.90. The van der Waals surface area contributed by atoms with Gasteiger partial charge in [0.1, 0.15) is 0 Å². The van der Waals surface area contributed by atoms with Gasteiger partial charge < -0.3 is 5.11 Å². The van der Waals surface area contributed by atoms with Crippen LogP contribution in [0.2, 0.25) is 0 Å². The highest BCUT2D eigenvalue weighted by molar-refractivity contribution is 7.89. The Hall–Kier alpha value is -1.42. The smallest absolute Gasteiger partial charge is 0.240 e. The van der Waals surface area contributed by atoms with Gasteiger partial charge in [-0.25, -0.2) is 13.1 Å². The minimum Gasteiger partial charge on any atom is -0.396 e. The highest BCUT2D eigenvalue weighted by Crippen LogP contribution is 2.23. The standard InChI is InChI=1S/C15H22N2O3S/c1-12-5-6-13(10-16)9-14(12)21(19,20)17-11-15(2,3)7-4-8-18/h5-6,9,17-18H,4,7-8,11H2,1-3H3. The molecule has 0 unspecified atom stereocenters. The summed E-state index contributed by atoms with van der Waals surface area (Å²) in [5.74, 6) is 0. The fourth-order valence-electron chi connectivity index (χ4n) is 1.97. The number of rotatable bonds is 7. The molecule has 0 atom stereocenters. The van der Waals surface area contributed by atoms with E-state index < -0.39 is 10.0 Å². The third-order valence-electron chi connectivity index (χ3n) is 3.36. The molecule has 0 aromatic heterocycles. The van der Waals surface area contributed by atoms with Crippen LogP contribution in [-0.2, 0) is 10.0 Å². The van der Waals surface area contributed by atoms with Crippen LogP contribution in [0.15, 0.2) is 23.1 Å². The average Bonchev–Trinajstić information content (AvgIpc) is 2.44. The summed E-state index contributed by atoms with van der Waals surface area (Å²) in [5.41, 5.74) is 0.687. The lowest BCUT2D eigenvalue weighted by molar-refractivity contribution is 0.242. The van der Waals surface area contributed by atoms with E-state index in [1.54, 1.807) is 19.1 Å². The molecule has 0 heterocycles. The molecule has 0 fully saturated rings. The lowest BCUT2D eigenvalue weighted by Gasteiger charge is -2.24. The van der Waals surface area contributed by atoms with Crippen LogP contribution >= 0.6 is 0 Å². The van der Waals surface area contributed by atoms with E-state index in [-0.39, 0.29) is 23.5 Å². The van der Waals surface area contributed by atoms with Gasteiger partial charge in [0, 0.05) is 13.2 Å². The summed E-state index contributed by atoms with van der Waals surface area (Å²) in [6.45, 7) is 5.98. The zero-order chi connectivity index (χ0) is 16.1. The van der Waals surface area contributed by atoms with Crippen LogP contribution in [-0.4, -0.2) is 26.7 Å². The van der Waals surface area contributed by atoms with Crippen molar-refractivity contribution in [3.05, 3.63) is 29.3 Å². The number of nitrogens with one attached hydrogen (secondary N) is 1. The summed E-state index contributed by atoms with van der Waals surface area (Å²) < 4.78 is 27.3. The molecule has 1 aromatic rings. The van der Waals surface area contributed by atoms with Gasteiger partial charge in [0.25, 0.3) is 0 Å². The predicted molar refractivity (Wildman–Crippen MR) is 81.2 cm³/mol. The molecule has 0 aliphatic rings. The van der Waals surface area contributed by atoms with E-state index in [0.29, 0.717) is 17.5 Å². The second-order valence-electron chi connectivity index (χ2n) is 5.91. The predicted octanol–water partition coefficient (Wildman–Crippen LogP) is 1.94. The van der Waals surface area contributed by atoms with Crippen molar-refractivity contribution in [3.63, 3.8) is 0 Å². The number of aliphatic hydroxyl groups excluding tert-OH is 1. The van der Waals surface area contributed by atoms with Crippen molar-refractivity contribution in [2.45, 2.75) is 38.5 Å². The van der Waals surface area contributed by atoms with Crippen LogP contribution in [0.1, 0.15) is 37.8 Å². The Morgan fingerprint density at radius 2 is 2.05 bits per heavy atom. The molecule has 2 N–H and O–H groups in total. The van der Waals surface area contributed by atoms with E-state index in [1.807, 2.05) is 19.9 Å². The minimum atomic E-state index is -3.65. The van der Waals surface area contributed by atoms with E-state index in [0.717, 1.165) is 6.42 Å². The summed E-state index contributed by atoms with van der Waals surface area (Å²) in [7, 11) is -3.65. The summed E-state index contributed by atoms with van der Waals surface area (Å²) in [5, 5.41) is 17.7. The molecular weight excluding hydrogens is 288 g/mol. The van der Waals surface area contributed by atoms with E-state index in [9.17, 15) is 8.42 Å². The maximum Gasteiger partial charge on any atom is 0.240 e. The molecule has 0 amide bonds. The fraction of sp³-hybridized carbons (Fsp3) is 0.533. The largest absolute Gasteiger partial charge is 0.396 e.